The van der Waals surface area contributed by atoms with Crippen LogP contribution in [-0.2, 0) is 14.3 Å². The largest absolute Gasteiger partial charge is 0.473 e. The van der Waals surface area contributed by atoms with Gasteiger partial charge in [0.1, 0.15) is 0 Å². The molecule has 1 aromatic rings. The topological polar surface area (TPSA) is 47.9 Å². The van der Waals surface area contributed by atoms with E-state index in [2.05, 4.69) is 24.0 Å². The van der Waals surface area contributed by atoms with Gasteiger partial charge >= 0.3 is 5.97 Å². The number of ether oxygens (including phenoxy) is 2. The molecule has 0 saturated carbocycles. The third-order valence-corrected chi connectivity index (χ3v) is 3.43. The summed E-state index contributed by atoms with van der Waals surface area (Å²) in [7, 11) is 0. The lowest BCUT2D eigenvalue weighted by Gasteiger charge is -2.19. The fourth-order valence-corrected chi connectivity index (χ4v) is 2.26. The molecule has 0 spiro atoms. The van der Waals surface area contributed by atoms with Crippen molar-refractivity contribution in [2.75, 3.05) is 6.61 Å². The zero-order chi connectivity index (χ0) is 14.0. The SMILES string of the molecule is CCOC(=O)C1N=COC1c1cc(C)c(C)cc1C. The highest BCUT2D eigenvalue weighted by Gasteiger charge is 2.36. The molecule has 1 heterocycles. The minimum Gasteiger partial charge on any atom is -0.473 e. The summed E-state index contributed by atoms with van der Waals surface area (Å²) in [6.45, 7) is 8.28. The van der Waals surface area contributed by atoms with E-state index >= 15 is 0 Å². The fourth-order valence-electron chi connectivity index (χ4n) is 2.26. The Hall–Kier alpha value is -1.84. The minimum absolute atomic E-state index is 0.334. The Bertz CT molecular complexity index is 522. The normalized spacial score (nSPS) is 21.3. The van der Waals surface area contributed by atoms with Crippen LogP contribution in [0, 0.1) is 20.8 Å². The summed E-state index contributed by atoms with van der Waals surface area (Å²) in [5.41, 5.74) is 4.51. The molecule has 2 rings (SSSR count). The predicted octanol–water partition coefficient (Wildman–Crippen LogP) is 2.64. The van der Waals surface area contributed by atoms with E-state index in [-0.39, 0.29) is 12.1 Å². The fraction of sp³-hybridized carbons (Fsp3) is 0.467. The van der Waals surface area contributed by atoms with Crippen LogP contribution >= 0.6 is 0 Å². The first kappa shape index (κ1) is 13.6. The van der Waals surface area contributed by atoms with Crippen molar-refractivity contribution in [3.63, 3.8) is 0 Å². The summed E-state index contributed by atoms with van der Waals surface area (Å²) in [5, 5.41) is 0. The van der Waals surface area contributed by atoms with Gasteiger partial charge in [-0.25, -0.2) is 9.79 Å². The lowest BCUT2D eigenvalue weighted by Crippen LogP contribution is -2.26. The molecule has 0 N–H and O–H groups in total. The summed E-state index contributed by atoms with van der Waals surface area (Å²) in [5.74, 6) is -0.334. The molecule has 1 aliphatic rings. The molecule has 0 aliphatic carbocycles. The third kappa shape index (κ3) is 2.62. The van der Waals surface area contributed by atoms with Crippen molar-refractivity contribution in [2.45, 2.75) is 39.8 Å². The number of rotatable bonds is 3. The van der Waals surface area contributed by atoms with Crippen LogP contribution in [0.4, 0.5) is 0 Å². The lowest BCUT2D eigenvalue weighted by atomic mass is 9.94. The number of carbonyl (C=O) groups is 1. The summed E-state index contributed by atoms with van der Waals surface area (Å²) >= 11 is 0. The van der Waals surface area contributed by atoms with Gasteiger partial charge in [-0.15, -0.1) is 0 Å². The van der Waals surface area contributed by atoms with Gasteiger partial charge in [0.25, 0.3) is 0 Å². The smallest absolute Gasteiger partial charge is 0.335 e. The molecule has 1 aromatic carbocycles. The van der Waals surface area contributed by atoms with Crippen LogP contribution in [0.3, 0.4) is 0 Å². The van der Waals surface area contributed by atoms with E-state index in [9.17, 15) is 4.79 Å². The molecule has 4 nitrogen and oxygen atoms in total. The molecule has 0 saturated heterocycles. The van der Waals surface area contributed by atoms with Gasteiger partial charge in [-0.1, -0.05) is 12.1 Å². The van der Waals surface area contributed by atoms with E-state index < -0.39 is 6.04 Å². The maximum atomic E-state index is 11.9. The number of esters is 1. The van der Waals surface area contributed by atoms with Gasteiger partial charge in [-0.3, -0.25) is 0 Å². The minimum atomic E-state index is -0.597. The Balaban J connectivity index is 2.31. The van der Waals surface area contributed by atoms with Crippen molar-refractivity contribution in [2.24, 2.45) is 4.99 Å². The van der Waals surface area contributed by atoms with Crippen molar-refractivity contribution in [3.05, 3.63) is 34.4 Å². The van der Waals surface area contributed by atoms with Gasteiger partial charge in [0, 0.05) is 0 Å². The first-order valence-corrected chi connectivity index (χ1v) is 6.46. The summed E-state index contributed by atoms with van der Waals surface area (Å²) in [6.07, 6.45) is 0.972. The number of carbonyl (C=O) groups excluding carboxylic acids is 1. The number of nitrogens with zero attached hydrogens (tertiary/aromatic N) is 1. The standard InChI is InChI=1S/C15H19NO3/c1-5-18-15(17)13-14(19-8-16-13)12-7-10(3)9(2)6-11(12)4/h6-8,13-14H,5H2,1-4H3. The second-order valence-electron chi connectivity index (χ2n) is 4.80. The number of benzene rings is 1. The zero-order valence-corrected chi connectivity index (χ0v) is 11.8. The lowest BCUT2D eigenvalue weighted by molar-refractivity contribution is -0.146. The first-order valence-electron chi connectivity index (χ1n) is 6.46. The monoisotopic (exact) mass is 261 g/mol. The highest BCUT2D eigenvalue weighted by atomic mass is 16.5. The first-order chi connectivity index (χ1) is 9.04. The summed E-state index contributed by atoms with van der Waals surface area (Å²) in [4.78, 5) is 16.0. The number of hydrogen-bond acceptors (Lipinski definition) is 4. The van der Waals surface area contributed by atoms with Crippen LogP contribution in [-0.4, -0.2) is 25.0 Å². The van der Waals surface area contributed by atoms with Crippen molar-refractivity contribution in [3.8, 4) is 0 Å². The van der Waals surface area contributed by atoms with E-state index in [1.807, 2.05) is 13.8 Å². The van der Waals surface area contributed by atoms with Gasteiger partial charge in [0.2, 0.25) is 0 Å². The van der Waals surface area contributed by atoms with Gasteiger partial charge in [-0.2, -0.15) is 0 Å². The average molecular weight is 261 g/mol. The molecule has 0 bridgehead atoms. The molecule has 0 fully saturated rings. The Morgan fingerprint density at radius 1 is 1.26 bits per heavy atom. The van der Waals surface area contributed by atoms with Crippen molar-refractivity contribution >= 4 is 12.4 Å². The van der Waals surface area contributed by atoms with Crippen molar-refractivity contribution < 1.29 is 14.3 Å². The second-order valence-corrected chi connectivity index (χ2v) is 4.80. The molecular weight excluding hydrogens is 242 g/mol. The molecule has 1 aliphatic heterocycles. The Morgan fingerprint density at radius 2 is 1.95 bits per heavy atom. The van der Waals surface area contributed by atoms with Gasteiger partial charge < -0.3 is 9.47 Å². The average Bonchev–Trinajstić information content (AvgIpc) is 2.83. The van der Waals surface area contributed by atoms with Crippen LogP contribution in [0.5, 0.6) is 0 Å². The van der Waals surface area contributed by atoms with E-state index in [0.717, 1.165) is 11.1 Å². The molecular formula is C15H19NO3. The summed E-state index contributed by atoms with van der Waals surface area (Å²) in [6, 6.07) is 3.57. The number of aliphatic imine (C=N–C) groups is 1. The second kappa shape index (κ2) is 5.43. The molecule has 4 heteroatoms. The van der Waals surface area contributed by atoms with E-state index in [4.69, 9.17) is 9.47 Å². The number of aryl methyl sites for hydroxylation is 3. The Morgan fingerprint density at radius 3 is 2.63 bits per heavy atom. The van der Waals surface area contributed by atoms with Crippen LogP contribution in [0.1, 0.15) is 35.3 Å². The maximum Gasteiger partial charge on any atom is 0.335 e. The molecule has 0 aromatic heterocycles. The van der Waals surface area contributed by atoms with Gasteiger partial charge in [0.15, 0.2) is 18.5 Å². The highest BCUT2D eigenvalue weighted by Crippen LogP contribution is 2.31. The molecule has 2 unspecified atom stereocenters. The summed E-state index contributed by atoms with van der Waals surface area (Å²) < 4.78 is 10.5. The predicted molar refractivity (Wildman–Crippen MR) is 73.4 cm³/mol. The Kier molecular flexibility index (Phi) is 3.88. The highest BCUT2D eigenvalue weighted by molar-refractivity contribution is 5.80. The maximum absolute atomic E-state index is 11.9. The molecule has 0 amide bonds. The third-order valence-electron chi connectivity index (χ3n) is 3.43. The quantitative estimate of drug-likeness (QED) is 0.786. The molecule has 2 atom stereocenters. The van der Waals surface area contributed by atoms with Gasteiger partial charge in [0.05, 0.1) is 6.61 Å². The van der Waals surface area contributed by atoms with E-state index in [0.29, 0.717) is 6.61 Å². The Labute approximate surface area is 113 Å². The molecule has 102 valence electrons. The molecule has 0 radical (unpaired) electrons. The zero-order valence-electron chi connectivity index (χ0n) is 11.8. The van der Waals surface area contributed by atoms with Gasteiger partial charge in [-0.05, 0) is 49.9 Å². The number of hydrogen-bond donors (Lipinski definition) is 0. The van der Waals surface area contributed by atoms with Crippen LogP contribution < -0.4 is 0 Å². The van der Waals surface area contributed by atoms with E-state index in [1.54, 1.807) is 6.92 Å². The van der Waals surface area contributed by atoms with Crippen LogP contribution in [0.2, 0.25) is 0 Å². The molecule has 19 heavy (non-hydrogen) atoms. The van der Waals surface area contributed by atoms with E-state index in [1.165, 1.54) is 17.5 Å². The van der Waals surface area contributed by atoms with Crippen LogP contribution in [0.15, 0.2) is 17.1 Å². The van der Waals surface area contributed by atoms with Crippen molar-refractivity contribution in [1.29, 1.82) is 0 Å². The van der Waals surface area contributed by atoms with Crippen molar-refractivity contribution in [1.82, 2.24) is 0 Å². The van der Waals surface area contributed by atoms with Crippen LogP contribution in [0.25, 0.3) is 0 Å².